The molecule has 1 aliphatic heterocycles. The molecule has 9 heteroatoms. The van der Waals surface area contributed by atoms with Gasteiger partial charge in [0.05, 0.1) is 31.8 Å². The van der Waals surface area contributed by atoms with Gasteiger partial charge in [-0.3, -0.25) is 0 Å². The second-order valence-electron chi connectivity index (χ2n) is 12.4. The average Bonchev–Trinajstić information content (AvgIpc) is 3.61. The lowest BCUT2D eigenvalue weighted by atomic mass is 9.77. The lowest BCUT2D eigenvalue weighted by molar-refractivity contribution is -0.160. The Balaban J connectivity index is 1.16. The van der Waals surface area contributed by atoms with Crippen molar-refractivity contribution in [2.24, 2.45) is 11.8 Å². The minimum atomic E-state index is -0.587. The van der Waals surface area contributed by atoms with Crippen molar-refractivity contribution in [3.63, 3.8) is 0 Å². The summed E-state index contributed by atoms with van der Waals surface area (Å²) in [6, 6.07) is 8.74. The van der Waals surface area contributed by atoms with Gasteiger partial charge in [-0.2, -0.15) is 0 Å². The molecule has 4 atom stereocenters. The monoisotopic (exact) mass is 563 g/mol. The number of methoxy groups -OCH3 is 2. The van der Waals surface area contributed by atoms with Gasteiger partial charge in [0.2, 0.25) is 0 Å². The van der Waals surface area contributed by atoms with E-state index in [1.807, 2.05) is 32.0 Å². The molecule has 3 aliphatic rings. The number of unbranched alkanes of at least 4 members (excludes halogenated alkanes) is 1. The van der Waals surface area contributed by atoms with Gasteiger partial charge in [0.1, 0.15) is 35.4 Å². The Labute approximate surface area is 243 Å². The smallest absolute Gasteiger partial charge is 0.163 e. The van der Waals surface area contributed by atoms with E-state index in [4.69, 9.17) is 23.9 Å². The first-order chi connectivity index (χ1) is 19.9. The molecule has 3 fully saturated rings. The van der Waals surface area contributed by atoms with Gasteiger partial charge < -0.3 is 34.1 Å². The van der Waals surface area contributed by atoms with Gasteiger partial charge in [-0.25, -0.2) is 9.97 Å². The third-order valence-electron chi connectivity index (χ3n) is 9.23. The van der Waals surface area contributed by atoms with E-state index in [1.54, 1.807) is 20.5 Å². The number of nitrogens with one attached hydrogen (secondary N) is 2. The Bertz CT molecular complexity index is 1340. The number of fused-ring (bicyclic) bond motifs is 2. The maximum absolute atomic E-state index is 6.52. The van der Waals surface area contributed by atoms with Crippen LogP contribution in [0.15, 0.2) is 36.8 Å². The summed E-state index contributed by atoms with van der Waals surface area (Å²) < 4.78 is 26.2. The number of hydrogen-bond acceptors (Lipinski definition) is 8. The number of ether oxygens (including phenoxy) is 4. The summed E-state index contributed by atoms with van der Waals surface area (Å²) in [5.74, 6) is 3.04. The van der Waals surface area contributed by atoms with E-state index < -0.39 is 5.79 Å². The molecule has 1 aromatic carbocycles. The molecular weight excluding hydrogens is 518 g/mol. The average molecular weight is 564 g/mol. The number of rotatable bonds is 12. The highest BCUT2D eigenvalue weighted by Crippen LogP contribution is 2.48. The summed E-state index contributed by atoms with van der Waals surface area (Å²) in [6.07, 6.45) is 11.5. The number of anilines is 1. The van der Waals surface area contributed by atoms with Crippen molar-refractivity contribution >= 4 is 16.9 Å². The summed E-state index contributed by atoms with van der Waals surface area (Å²) in [5.41, 5.74) is 1.93. The summed E-state index contributed by atoms with van der Waals surface area (Å²) in [7, 11) is 3.33. The number of nitrogens with zero attached hydrogens (tertiary/aromatic N) is 3. The maximum Gasteiger partial charge on any atom is 0.163 e. The second-order valence-corrected chi connectivity index (χ2v) is 12.4. The van der Waals surface area contributed by atoms with Crippen molar-refractivity contribution in [2.45, 2.75) is 95.9 Å². The molecule has 3 heterocycles. The van der Waals surface area contributed by atoms with Crippen LogP contribution < -0.4 is 20.1 Å². The van der Waals surface area contributed by atoms with E-state index in [0.29, 0.717) is 18.5 Å². The fourth-order valence-electron chi connectivity index (χ4n) is 7.03. The van der Waals surface area contributed by atoms with E-state index in [-0.39, 0.29) is 18.2 Å². The summed E-state index contributed by atoms with van der Waals surface area (Å²) in [6.45, 7) is 7.87. The molecule has 3 aromatic rings. The van der Waals surface area contributed by atoms with Gasteiger partial charge in [0.25, 0.3) is 0 Å². The van der Waals surface area contributed by atoms with E-state index in [2.05, 4.69) is 39.4 Å². The fourth-order valence-corrected chi connectivity index (χ4v) is 7.03. The van der Waals surface area contributed by atoms with Crippen molar-refractivity contribution in [1.29, 1.82) is 0 Å². The van der Waals surface area contributed by atoms with E-state index in [9.17, 15) is 0 Å². The van der Waals surface area contributed by atoms with Gasteiger partial charge in [0, 0.05) is 42.9 Å². The Morgan fingerprint density at radius 1 is 1.05 bits per heavy atom. The van der Waals surface area contributed by atoms with Crippen molar-refractivity contribution in [3.05, 3.63) is 42.4 Å². The molecule has 41 heavy (non-hydrogen) atoms. The first-order valence-electron chi connectivity index (χ1n) is 15.2. The van der Waals surface area contributed by atoms with Crippen LogP contribution >= 0.6 is 0 Å². The summed E-state index contributed by atoms with van der Waals surface area (Å²) >= 11 is 0. The van der Waals surface area contributed by atoms with Crippen molar-refractivity contribution in [1.82, 2.24) is 19.9 Å². The molecule has 2 aliphatic carbocycles. The zero-order chi connectivity index (χ0) is 28.6. The van der Waals surface area contributed by atoms with Gasteiger partial charge in [0.15, 0.2) is 5.79 Å². The first kappa shape index (κ1) is 28.2. The fraction of sp³-hybridized carbons (Fsp3) is 0.625. The van der Waals surface area contributed by atoms with Gasteiger partial charge in [-0.15, -0.1) is 0 Å². The van der Waals surface area contributed by atoms with Crippen molar-refractivity contribution in [3.8, 4) is 11.5 Å². The molecule has 0 radical (unpaired) electrons. The van der Waals surface area contributed by atoms with Crippen LogP contribution in [0.4, 0.5) is 5.82 Å². The number of aromatic nitrogens is 3. The van der Waals surface area contributed by atoms with Crippen LogP contribution in [0.25, 0.3) is 11.0 Å². The van der Waals surface area contributed by atoms with E-state index >= 15 is 0 Å². The van der Waals surface area contributed by atoms with Gasteiger partial charge in [-0.1, -0.05) is 26.2 Å². The molecule has 9 nitrogen and oxygen atoms in total. The van der Waals surface area contributed by atoms with Crippen LogP contribution in [0.5, 0.6) is 11.5 Å². The van der Waals surface area contributed by atoms with Crippen LogP contribution in [0.3, 0.4) is 0 Å². The topological polar surface area (TPSA) is 91.7 Å². The number of benzene rings is 1. The van der Waals surface area contributed by atoms with Crippen LogP contribution in [-0.2, 0) is 16.0 Å². The summed E-state index contributed by atoms with van der Waals surface area (Å²) in [4.78, 5) is 9.30. The maximum atomic E-state index is 6.52. The van der Waals surface area contributed by atoms with E-state index in [0.717, 1.165) is 52.8 Å². The van der Waals surface area contributed by atoms with E-state index in [1.165, 1.54) is 32.1 Å². The molecule has 222 valence electrons. The van der Waals surface area contributed by atoms with Gasteiger partial charge >= 0.3 is 0 Å². The largest absolute Gasteiger partial charge is 0.497 e. The minimum absolute atomic E-state index is 0.0129. The molecular formula is C32H45N5O4. The van der Waals surface area contributed by atoms with Crippen molar-refractivity contribution < 1.29 is 18.9 Å². The normalized spacial score (nSPS) is 28.4. The molecule has 2 aromatic heterocycles. The third-order valence-corrected chi connectivity index (χ3v) is 9.23. The quantitative estimate of drug-likeness (QED) is 0.290. The van der Waals surface area contributed by atoms with Crippen LogP contribution in [0.2, 0.25) is 0 Å². The van der Waals surface area contributed by atoms with Gasteiger partial charge in [-0.05, 0) is 57.2 Å². The predicted octanol–water partition coefficient (Wildman–Crippen LogP) is 5.70. The zero-order valence-electron chi connectivity index (χ0n) is 25.1. The molecule has 0 amide bonds. The highest BCUT2D eigenvalue weighted by atomic mass is 16.8. The molecule has 0 spiro atoms. The minimum Gasteiger partial charge on any atom is -0.497 e. The van der Waals surface area contributed by atoms with Crippen LogP contribution in [0, 0.1) is 11.8 Å². The number of hydrogen-bond donors (Lipinski definition) is 2. The Morgan fingerprint density at radius 3 is 2.66 bits per heavy atom. The SMILES string of the molecule is CCCCC1CC(NC[C@H]2C[C@@H](n3ccc4c(NCc5ccc(OC)cc5OC)ncnc43)[C@@H]3OC(C)(C)O[C@H]23)C1. The lowest BCUT2D eigenvalue weighted by Crippen LogP contribution is -2.44. The third kappa shape index (κ3) is 5.76. The molecule has 2 saturated carbocycles. The molecule has 0 bridgehead atoms. The Morgan fingerprint density at radius 2 is 1.88 bits per heavy atom. The first-order valence-corrected chi connectivity index (χ1v) is 15.2. The molecule has 0 unspecified atom stereocenters. The van der Waals surface area contributed by atoms with Crippen LogP contribution in [0.1, 0.15) is 70.9 Å². The Hall–Kier alpha value is -2.88. The highest BCUT2D eigenvalue weighted by molar-refractivity contribution is 5.87. The molecule has 6 rings (SSSR count). The molecule has 2 N–H and O–H groups in total. The Kier molecular flexibility index (Phi) is 8.12. The van der Waals surface area contributed by atoms with Crippen LogP contribution in [-0.4, -0.2) is 59.3 Å². The van der Waals surface area contributed by atoms with Crippen molar-refractivity contribution in [2.75, 3.05) is 26.1 Å². The predicted molar refractivity (Wildman–Crippen MR) is 159 cm³/mol. The standard InChI is InChI=1S/C32H45N5O4/c1-6-7-8-20-13-23(14-20)33-18-22-15-26(29-28(22)40-32(2,3)41-29)37-12-11-25-30(35-19-36-31(25)37)34-17-21-9-10-24(38-4)16-27(21)39-5/h9-12,16,19-20,22-23,26,28-29,33H,6-8,13-15,17-18H2,1-5H3,(H,34,35,36)/t20?,22-,23?,26-,28-,29+/m1/s1. The second kappa shape index (κ2) is 11.8. The zero-order valence-corrected chi connectivity index (χ0v) is 25.1. The molecule has 1 saturated heterocycles. The summed E-state index contributed by atoms with van der Waals surface area (Å²) in [5, 5.41) is 8.36. The lowest BCUT2D eigenvalue weighted by Gasteiger charge is -2.37. The highest BCUT2D eigenvalue weighted by Gasteiger charge is 2.54.